The SMILES string of the molecule is CCCCCCCCc1c(CCCCCCCC)c(C(=O)Oc2ccccc2)c2c(C(=O)N(C)C)sc(C(=O)N(C)C)c2c1C(=O)Oc1ccccc1. The van der Waals surface area contributed by atoms with Crippen LogP contribution in [0.25, 0.3) is 10.8 Å². The highest BCUT2D eigenvalue weighted by atomic mass is 32.1. The zero-order valence-corrected chi connectivity index (χ0v) is 33.2. The van der Waals surface area contributed by atoms with E-state index in [2.05, 4.69) is 13.8 Å². The first kappa shape index (κ1) is 41.3. The van der Waals surface area contributed by atoms with E-state index >= 15 is 0 Å². The number of thiophene rings is 1. The molecule has 0 saturated heterocycles. The fraction of sp³-hybridized carbons (Fsp3) is 0.455. The third-order valence-corrected chi connectivity index (χ3v) is 10.6. The first-order valence-corrected chi connectivity index (χ1v) is 20.0. The molecular weight excluding hydrogens is 685 g/mol. The van der Waals surface area contributed by atoms with Crippen molar-refractivity contribution >= 4 is 45.9 Å². The number of unbranched alkanes of at least 4 members (excludes halogenated alkanes) is 10. The predicted molar refractivity (Wildman–Crippen MR) is 215 cm³/mol. The molecule has 1 aromatic heterocycles. The molecule has 0 saturated carbocycles. The van der Waals surface area contributed by atoms with Gasteiger partial charge in [0.05, 0.1) is 11.1 Å². The molecule has 0 atom stereocenters. The fourth-order valence-corrected chi connectivity index (χ4v) is 8.04. The summed E-state index contributed by atoms with van der Waals surface area (Å²) >= 11 is 1.02. The molecule has 0 aliphatic heterocycles. The molecule has 0 aliphatic rings. The Morgan fingerprint density at radius 2 is 0.849 bits per heavy atom. The molecule has 2 amide bonds. The van der Waals surface area contributed by atoms with E-state index in [9.17, 15) is 19.2 Å². The summed E-state index contributed by atoms with van der Waals surface area (Å²) in [7, 11) is 6.55. The summed E-state index contributed by atoms with van der Waals surface area (Å²) in [5.74, 6) is -1.26. The van der Waals surface area contributed by atoms with Crippen molar-refractivity contribution in [1.82, 2.24) is 9.80 Å². The van der Waals surface area contributed by atoms with E-state index in [1.54, 1.807) is 76.7 Å². The van der Waals surface area contributed by atoms with Gasteiger partial charge < -0.3 is 19.3 Å². The quantitative estimate of drug-likeness (QED) is 0.0509. The van der Waals surface area contributed by atoms with Gasteiger partial charge >= 0.3 is 11.9 Å². The Bertz CT molecular complexity index is 1700. The number of rotatable bonds is 20. The van der Waals surface area contributed by atoms with Crippen LogP contribution >= 0.6 is 11.3 Å². The highest BCUT2D eigenvalue weighted by Gasteiger charge is 2.36. The minimum Gasteiger partial charge on any atom is -0.423 e. The van der Waals surface area contributed by atoms with Gasteiger partial charge in [-0.15, -0.1) is 11.3 Å². The van der Waals surface area contributed by atoms with E-state index in [0.717, 1.165) is 88.4 Å². The van der Waals surface area contributed by atoms with Gasteiger partial charge in [-0.25, -0.2) is 9.59 Å². The van der Waals surface area contributed by atoms with Gasteiger partial charge in [-0.05, 0) is 61.1 Å². The van der Waals surface area contributed by atoms with Crippen molar-refractivity contribution in [3.05, 3.63) is 92.7 Å². The Morgan fingerprint density at radius 3 is 1.19 bits per heavy atom. The first-order chi connectivity index (χ1) is 25.6. The molecule has 0 unspecified atom stereocenters. The van der Waals surface area contributed by atoms with Gasteiger partial charge in [0.2, 0.25) is 0 Å². The number of esters is 2. The maximum Gasteiger partial charge on any atom is 0.344 e. The fourth-order valence-electron chi connectivity index (χ4n) is 6.68. The molecule has 3 aromatic carbocycles. The molecule has 0 aliphatic carbocycles. The number of hydrogen-bond donors (Lipinski definition) is 0. The van der Waals surface area contributed by atoms with Crippen molar-refractivity contribution < 1.29 is 28.7 Å². The maximum absolute atomic E-state index is 14.7. The molecule has 9 heteroatoms. The Morgan fingerprint density at radius 1 is 0.509 bits per heavy atom. The second-order valence-corrected chi connectivity index (χ2v) is 15.1. The molecule has 0 bridgehead atoms. The van der Waals surface area contributed by atoms with Gasteiger partial charge in [-0.3, -0.25) is 9.59 Å². The lowest BCUT2D eigenvalue weighted by atomic mass is 9.84. The summed E-state index contributed by atoms with van der Waals surface area (Å²) in [6.45, 7) is 4.38. The highest BCUT2D eigenvalue weighted by Crippen LogP contribution is 2.43. The second kappa shape index (κ2) is 20.7. The summed E-state index contributed by atoms with van der Waals surface area (Å²) in [6.07, 6.45) is 13.4. The van der Waals surface area contributed by atoms with Crippen LogP contribution in [0.5, 0.6) is 11.5 Å². The van der Waals surface area contributed by atoms with Crippen LogP contribution in [0.3, 0.4) is 0 Å². The molecule has 0 N–H and O–H groups in total. The number of benzene rings is 3. The molecule has 0 radical (unpaired) electrons. The van der Waals surface area contributed by atoms with Crippen molar-refractivity contribution in [3.63, 3.8) is 0 Å². The summed E-state index contributed by atoms with van der Waals surface area (Å²) in [6, 6.07) is 17.7. The minimum atomic E-state index is -0.621. The summed E-state index contributed by atoms with van der Waals surface area (Å²) in [5, 5.41) is 0.542. The Hall–Kier alpha value is -4.50. The number of amides is 2. The van der Waals surface area contributed by atoms with Crippen molar-refractivity contribution in [2.75, 3.05) is 28.2 Å². The van der Waals surface area contributed by atoms with Crippen LogP contribution in [0.15, 0.2) is 60.7 Å². The van der Waals surface area contributed by atoms with Crippen LogP contribution in [0.1, 0.15) is 142 Å². The maximum atomic E-state index is 14.7. The number of hydrogen-bond acceptors (Lipinski definition) is 7. The molecule has 4 rings (SSSR count). The number of carbonyl (C=O) groups excluding carboxylic acids is 4. The first-order valence-electron chi connectivity index (χ1n) is 19.2. The lowest BCUT2D eigenvalue weighted by molar-refractivity contribution is 0.0721. The van der Waals surface area contributed by atoms with Gasteiger partial charge in [-0.1, -0.05) is 114 Å². The summed E-state index contributed by atoms with van der Waals surface area (Å²) in [4.78, 5) is 60.8. The Balaban J connectivity index is 2.09. The number of nitrogens with zero attached hydrogens (tertiary/aromatic N) is 2. The monoisotopic (exact) mass is 740 g/mol. The molecule has 53 heavy (non-hydrogen) atoms. The highest BCUT2D eigenvalue weighted by molar-refractivity contribution is 7.18. The largest absolute Gasteiger partial charge is 0.423 e. The molecule has 1 heterocycles. The lowest BCUT2D eigenvalue weighted by Crippen LogP contribution is -2.24. The number of fused-ring (bicyclic) bond motifs is 1. The zero-order valence-electron chi connectivity index (χ0n) is 32.4. The average Bonchev–Trinajstić information content (AvgIpc) is 3.53. The van der Waals surface area contributed by atoms with E-state index in [4.69, 9.17) is 9.47 Å². The minimum absolute atomic E-state index is 0.208. The average molecular weight is 741 g/mol. The molecule has 284 valence electrons. The predicted octanol–water partition coefficient (Wildman–Crippen LogP) is 10.5. The van der Waals surface area contributed by atoms with Crippen molar-refractivity contribution in [1.29, 1.82) is 0 Å². The molecule has 0 fully saturated rings. The normalized spacial score (nSPS) is 11.1. The molecule has 8 nitrogen and oxygen atoms in total. The number of para-hydroxylation sites is 2. The smallest absolute Gasteiger partial charge is 0.344 e. The van der Waals surface area contributed by atoms with Gasteiger partial charge in [0.25, 0.3) is 11.8 Å². The van der Waals surface area contributed by atoms with Gasteiger partial charge in [0.1, 0.15) is 21.3 Å². The van der Waals surface area contributed by atoms with E-state index in [1.807, 2.05) is 12.1 Å². The van der Waals surface area contributed by atoms with Crippen molar-refractivity contribution in [3.8, 4) is 11.5 Å². The standard InChI is InChI=1S/C44H56N2O6S/c1-7-9-11-13-15-23-29-33-34(30-24-16-14-12-10-8-2)36(44(50)52-32-27-21-18-22-28-32)38-37(35(33)43(49)51-31-25-19-17-20-26-31)39(41(47)45(3)4)53-40(38)42(48)46(5)6/h17-22,25-28H,7-16,23-24,29-30H2,1-6H3. The lowest BCUT2D eigenvalue weighted by Gasteiger charge is -2.22. The number of carbonyl (C=O) groups is 4. The van der Waals surface area contributed by atoms with Crippen LogP contribution in [-0.4, -0.2) is 61.7 Å². The number of ether oxygens (including phenoxy) is 2. The van der Waals surface area contributed by atoms with Crippen LogP contribution in [0, 0.1) is 0 Å². The van der Waals surface area contributed by atoms with E-state index in [1.165, 1.54) is 9.80 Å². The Labute approximate surface area is 319 Å². The molecule has 0 spiro atoms. The van der Waals surface area contributed by atoms with Gasteiger partial charge in [0, 0.05) is 39.0 Å². The van der Waals surface area contributed by atoms with Crippen LogP contribution in [-0.2, 0) is 12.8 Å². The van der Waals surface area contributed by atoms with Crippen molar-refractivity contribution in [2.24, 2.45) is 0 Å². The van der Waals surface area contributed by atoms with Crippen LogP contribution in [0.4, 0.5) is 0 Å². The molecule has 4 aromatic rings. The van der Waals surface area contributed by atoms with Crippen molar-refractivity contribution in [2.45, 2.75) is 104 Å². The van der Waals surface area contributed by atoms with Gasteiger partial charge in [0.15, 0.2) is 0 Å². The zero-order chi connectivity index (χ0) is 38.3. The van der Waals surface area contributed by atoms with Crippen LogP contribution < -0.4 is 9.47 Å². The molecular formula is C44H56N2O6S. The Kier molecular flexibility index (Phi) is 16.1. The summed E-state index contributed by atoms with van der Waals surface area (Å²) in [5.41, 5.74) is 1.87. The topological polar surface area (TPSA) is 93.2 Å². The van der Waals surface area contributed by atoms with E-state index in [0.29, 0.717) is 35.5 Å². The van der Waals surface area contributed by atoms with Crippen LogP contribution in [0.2, 0.25) is 0 Å². The third kappa shape index (κ3) is 10.8. The van der Waals surface area contributed by atoms with E-state index in [-0.39, 0.29) is 43.5 Å². The third-order valence-electron chi connectivity index (χ3n) is 9.45. The summed E-state index contributed by atoms with van der Waals surface area (Å²) < 4.78 is 12.1. The second-order valence-electron chi connectivity index (χ2n) is 14.1. The van der Waals surface area contributed by atoms with E-state index < -0.39 is 11.9 Å². The van der Waals surface area contributed by atoms with Gasteiger partial charge in [-0.2, -0.15) is 0 Å².